The van der Waals surface area contributed by atoms with Gasteiger partial charge >= 0.3 is 0 Å². The van der Waals surface area contributed by atoms with Gasteiger partial charge in [0.15, 0.2) is 0 Å². The molecule has 0 bridgehead atoms. The molecular weight excluding hydrogens is 210 g/mol. The summed E-state index contributed by atoms with van der Waals surface area (Å²) < 4.78 is 0. The van der Waals surface area contributed by atoms with Crippen molar-refractivity contribution in [2.24, 2.45) is 5.92 Å². The second-order valence-corrected chi connectivity index (χ2v) is 5.42. The van der Waals surface area contributed by atoms with Gasteiger partial charge in [-0.25, -0.2) is 4.98 Å². The highest BCUT2D eigenvalue weighted by Gasteiger charge is 2.18. The zero-order valence-electron chi connectivity index (χ0n) is 11.1. The van der Waals surface area contributed by atoms with E-state index < -0.39 is 0 Å². The lowest BCUT2D eigenvalue weighted by atomic mass is 9.93. The van der Waals surface area contributed by atoms with Crippen molar-refractivity contribution in [1.82, 2.24) is 15.3 Å². The Morgan fingerprint density at radius 2 is 2.06 bits per heavy atom. The van der Waals surface area contributed by atoms with E-state index in [1.165, 1.54) is 44.2 Å². The van der Waals surface area contributed by atoms with Crippen LogP contribution in [0.25, 0.3) is 0 Å². The number of nitrogens with zero attached hydrogens (tertiary/aromatic N) is 1. The van der Waals surface area contributed by atoms with Gasteiger partial charge in [0.1, 0.15) is 5.82 Å². The smallest absolute Gasteiger partial charge is 0.103 e. The zero-order valence-corrected chi connectivity index (χ0v) is 11.1. The number of aryl methyl sites for hydroxylation is 1. The summed E-state index contributed by atoms with van der Waals surface area (Å²) in [5, 5.41) is 3.64. The van der Waals surface area contributed by atoms with E-state index in [-0.39, 0.29) is 0 Å². The Balaban J connectivity index is 1.77. The molecule has 1 saturated carbocycles. The average molecular weight is 235 g/mol. The second kappa shape index (κ2) is 6.20. The molecule has 3 heteroatoms. The minimum Gasteiger partial charge on any atom is -0.345 e. The molecule has 0 saturated heterocycles. The lowest BCUT2D eigenvalue weighted by molar-refractivity contribution is 0.336. The van der Waals surface area contributed by atoms with Gasteiger partial charge in [-0.05, 0) is 32.6 Å². The normalized spacial score (nSPS) is 20.1. The average Bonchev–Trinajstić information content (AvgIpc) is 2.58. The molecule has 1 aliphatic carbocycles. The Morgan fingerprint density at radius 1 is 1.35 bits per heavy atom. The minimum absolute atomic E-state index is 0.622. The van der Waals surface area contributed by atoms with Crippen LogP contribution in [0.1, 0.15) is 57.0 Å². The van der Waals surface area contributed by atoms with Crippen molar-refractivity contribution in [1.29, 1.82) is 0 Å². The standard InChI is InChI=1S/C14H25N3/c1-11(13-7-5-3-4-6-8-13)15-9-14-10-16-12(2)17-14/h10-11,13,15H,3-9H2,1-2H3,(H,16,17)/t11-/m0/s1. The maximum Gasteiger partial charge on any atom is 0.103 e. The first-order valence-corrected chi connectivity index (χ1v) is 6.99. The summed E-state index contributed by atoms with van der Waals surface area (Å²) in [6, 6.07) is 0.622. The molecule has 0 amide bonds. The highest BCUT2D eigenvalue weighted by Crippen LogP contribution is 2.25. The van der Waals surface area contributed by atoms with Crippen molar-refractivity contribution in [3.63, 3.8) is 0 Å². The van der Waals surface area contributed by atoms with Crippen molar-refractivity contribution >= 4 is 0 Å². The molecule has 2 N–H and O–H groups in total. The van der Waals surface area contributed by atoms with Crippen LogP contribution in [0.4, 0.5) is 0 Å². The van der Waals surface area contributed by atoms with Crippen LogP contribution in [0.2, 0.25) is 0 Å². The SMILES string of the molecule is Cc1ncc(CN[C@@H](C)C2CCCCCC2)[nH]1. The summed E-state index contributed by atoms with van der Waals surface area (Å²) in [7, 11) is 0. The van der Waals surface area contributed by atoms with Gasteiger partial charge in [0.25, 0.3) is 0 Å². The third-order valence-electron chi connectivity index (χ3n) is 3.98. The molecule has 17 heavy (non-hydrogen) atoms. The van der Waals surface area contributed by atoms with E-state index in [4.69, 9.17) is 0 Å². The molecular formula is C14H25N3. The summed E-state index contributed by atoms with van der Waals surface area (Å²) in [5.74, 6) is 1.87. The molecule has 1 aliphatic rings. The number of aromatic nitrogens is 2. The van der Waals surface area contributed by atoms with Crippen LogP contribution >= 0.6 is 0 Å². The molecule has 3 nitrogen and oxygen atoms in total. The zero-order chi connectivity index (χ0) is 12.1. The first-order valence-electron chi connectivity index (χ1n) is 6.99. The Labute approximate surface area is 104 Å². The molecule has 0 radical (unpaired) electrons. The fourth-order valence-corrected chi connectivity index (χ4v) is 2.81. The number of imidazole rings is 1. The molecule has 1 heterocycles. The molecule has 0 aromatic carbocycles. The van der Waals surface area contributed by atoms with Crippen molar-refractivity contribution in [3.8, 4) is 0 Å². The summed E-state index contributed by atoms with van der Waals surface area (Å²) in [6.07, 6.45) is 10.4. The van der Waals surface area contributed by atoms with Gasteiger partial charge in [-0.15, -0.1) is 0 Å². The van der Waals surface area contributed by atoms with Crippen LogP contribution < -0.4 is 5.32 Å². The highest BCUT2D eigenvalue weighted by atomic mass is 15.0. The van der Waals surface area contributed by atoms with Crippen LogP contribution in [0, 0.1) is 12.8 Å². The van der Waals surface area contributed by atoms with Crippen molar-refractivity contribution in [2.45, 2.75) is 65.0 Å². The monoisotopic (exact) mass is 235 g/mol. The number of nitrogens with one attached hydrogen (secondary N) is 2. The van der Waals surface area contributed by atoms with Crippen molar-refractivity contribution in [3.05, 3.63) is 17.7 Å². The number of aromatic amines is 1. The fourth-order valence-electron chi connectivity index (χ4n) is 2.81. The van der Waals surface area contributed by atoms with Crippen LogP contribution in [0.15, 0.2) is 6.20 Å². The number of H-pyrrole nitrogens is 1. The van der Waals surface area contributed by atoms with E-state index in [1.807, 2.05) is 13.1 Å². The topological polar surface area (TPSA) is 40.7 Å². The van der Waals surface area contributed by atoms with E-state index in [9.17, 15) is 0 Å². The van der Waals surface area contributed by atoms with Crippen LogP contribution in [0.5, 0.6) is 0 Å². The summed E-state index contributed by atoms with van der Waals surface area (Å²) in [6.45, 7) is 5.25. The van der Waals surface area contributed by atoms with Crippen LogP contribution in [0.3, 0.4) is 0 Å². The van der Waals surface area contributed by atoms with E-state index in [1.54, 1.807) is 0 Å². The Bertz CT molecular complexity index is 324. The maximum atomic E-state index is 4.23. The summed E-state index contributed by atoms with van der Waals surface area (Å²) in [4.78, 5) is 7.50. The second-order valence-electron chi connectivity index (χ2n) is 5.42. The van der Waals surface area contributed by atoms with Gasteiger partial charge < -0.3 is 10.3 Å². The van der Waals surface area contributed by atoms with Gasteiger partial charge in [-0.3, -0.25) is 0 Å². The third-order valence-corrected chi connectivity index (χ3v) is 3.98. The van der Waals surface area contributed by atoms with Gasteiger partial charge in [-0.1, -0.05) is 25.7 Å². The Kier molecular flexibility index (Phi) is 4.60. The molecule has 96 valence electrons. The molecule has 0 unspecified atom stereocenters. The molecule has 1 aromatic heterocycles. The highest BCUT2D eigenvalue weighted by molar-refractivity contribution is 4.99. The number of hydrogen-bond donors (Lipinski definition) is 2. The lowest BCUT2D eigenvalue weighted by Gasteiger charge is -2.23. The van der Waals surface area contributed by atoms with E-state index in [0.717, 1.165) is 18.3 Å². The van der Waals surface area contributed by atoms with Gasteiger partial charge in [0.05, 0.1) is 0 Å². The molecule has 0 aliphatic heterocycles. The summed E-state index contributed by atoms with van der Waals surface area (Å²) in [5.41, 5.74) is 1.20. The Hall–Kier alpha value is -0.830. The van der Waals surface area contributed by atoms with Crippen molar-refractivity contribution in [2.75, 3.05) is 0 Å². The first-order chi connectivity index (χ1) is 8.25. The van der Waals surface area contributed by atoms with E-state index in [2.05, 4.69) is 22.2 Å². The molecule has 1 aromatic rings. The van der Waals surface area contributed by atoms with E-state index in [0.29, 0.717) is 6.04 Å². The minimum atomic E-state index is 0.622. The number of rotatable bonds is 4. The lowest BCUT2D eigenvalue weighted by Crippen LogP contribution is -2.33. The maximum absolute atomic E-state index is 4.23. The van der Waals surface area contributed by atoms with Gasteiger partial charge in [-0.2, -0.15) is 0 Å². The predicted octanol–water partition coefficient (Wildman–Crippen LogP) is 3.17. The Morgan fingerprint density at radius 3 is 2.65 bits per heavy atom. The third kappa shape index (κ3) is 3.84. The largest absolute Gasteiger partial charge is 0.345 e. The van der Waals surface area contributed by atoms with Crippen LogP contribution in [-0.4, -0.2) is 16.0 Å². The van der Waals surface area contributed by atoms with Crippen molar-refractivity contribution < 1.29 is 0 Å². The molecule has 2 rings (SSSR count). The summed E-state index contributed by atoms with van der Waals surface area (Å²) >= 11 is 0. The quantitative estimate of drug-likeness (QED) is 0.787. The number of hydrogen-bond acceptors (Lipinski definition) is 2. The van der Waals surface area contributed by atoms with Gasteiger partial charge in [0, 0.05) is 24.5 Å². The molecule has 1 fully saturated rings. The van der Waals surface area contributed by atoms with E-state index >= 15 is 0 Å². The fraction of sp³-hybridized carbons (Fsp3) is 0.786. The molecule has 0 spiro atoms. The predicted molar refractivity (Wildman–Crippen MR) is 70.8 cm³/mol. The van der Waals surface area contributed by atoms with Gasteiger partial charge in [0.2, 0.25) is 0 Å². The first kappa shape index (κ1) is 12.6. The molecule has 1 atom stereocenters. The van der Waals surface area contributed by atoms with Crippen LogP contribution in [-0.2, 0) is 6.54 Å².